The molecule has 0 unspecified atom stereocenters. The third kappa shape index (κ3) is 5.63. The van der Waals surface area contributed by atoms with Gasteiger partial charge in [-0.05, 0) is 36.4 Å². The number of para-hydroxylation sites is 2. The maximum Gasteiger partial charge on any atom is 0.299 e. The van der Waals surface area contributed by atoms with Gasteiger partial charge in [-0.1, -0.05) is 91.0 Å². The van der Waals surface area contributed by atoms with Gasteiger partial charge in [0.25, 0.3) is 5.91 Å². The maximum absolute atomic E-state index is 13.0. The molecule has 0 aliphatic rings. The van der Waals surface area contributed by atoms with Crippen molar-refractivity contribution in [2.45, 2.75) is 19.8 Å². The fraction of sp³-hybridized carbons (Fsp3) is 0.129. The molecule has 0 radical (unpaired) electrons. The lowest BCUT2D eigenvalue weighted by molar-refractivity contribution is 0.0990. The lowest BCUT2D eigenvalue weighted by Crippen LogP contribution is -2.21. The van der Waals surface area contributed by atoms with Gasteiger partial charge in [0.2, 0.25) is 5.88 Å². The van der Waals surface area contributed by atoms with Crippen molar-refractivity contribution in [2.24, 2.45) is 10.2 Å². The summed E-state index contributed by atoms with van der Waals surface area (Å²) in [6, 6.07) is 34.4. The van der Waals surface area contributed by atoms with Crippen LogP contribution < -0.4 is 4.74 Å². The SMILES string of the molecule is CN(Cc1ccccc1)Cn1c(O)c(N=NC(=O)c2ccccc2OCc2ccccc2)c2ccccc21. The number of rotatable bonds is 9. The summed E-state index contributed by atoms with van der Waals surface area (Å²) in [4.78, 5) is 15.1. The van der Waals surface area contributed by atoms with E-state index in [9.17, 15) is 9.90 Å². The number of fused-ring (bicyclic) bond motifs is 1. The molecule has 0 bridgehead atoms. The van der Waals surface area contributed by atoms with Crippen molar-refractivity contribution >= 4 is 22.5 Å². The summed E-state index contributed by atoms with van der Waals surface area (Å²) in [5.41, 5.74) is 3.52. The third-order valence-electron chi connectivity index (χ3n) is 6.19. The van der Waals surface area contributed by atoms with Gasteiger partial charge < -0.3 is 9.84 Å². The summed E-state index contributed by atoms with van der Waals surface area (Å²) >= 11 is 0. The molecular formula is C31H28N4O3. The number of ether oxygens (including phenoxy) is 1. The molecule has 1 amide bonds. The van der Waals surface area contributed by atoms with Crippen molar-refractivity contribution in [1.82, 2.24) is 9.47 Å². The van der Waals surface area contributed by atoms with Crippen LogP contribution in [-0.2, 0) is 19.8 Å². The molecular weight excluding hydrogens is 476 g/mol. The molecule has 5 rings (SSSR count). The van der Waals surface area contributed by atoms with E-state index in [2.05, 4.69) is 27.3 Å². The largest absolute Gasteiger partial charge is 0.493 e. The number of carbonyl (C=O) groups excluding carboxylic acids is 1. The number of nitrogens with zero attached hydrogens (tertiary/aromatic N) is 4. The first kappa shape index (κ1) is 24.9. The Morgan fingerprint density at radius 1 is 0.842 bits per heavy atom. The molecule has 190 valence electrons. The Morgan fingerprint density at radius 2 is 1.47 bits per heavy atom. The van der Waals surface area contributed by atoms with Gasteiger partial charge in [-0.2, -0.15) is 0 Å². The lowest BCUT2D eigenvalue weighted by atomic mass is 10.2. The lowest BCUT2D eigenvalue weighted by Gasteiger charge is -2.19. The van der Waals surface area contributed by atoms with Crippen LogP contribution in [-0.4, -0.2) is 27.5 Å². The zero-order valence-electron chi connectivity index (χ0n) is 21.1. The van der Waals surface area contributed by atoms with Crippen LogP contribution in [0, 0.1) is 0 Å². The molecule has 0 atom stereocenters. The molecule has 1 heterocycles. The molecule has 0 spiro atoms. The minimum absolute atomic E-state index is 0.0451. The fourth-order valence-electron chi connectivity index (χ4n) is 4.35. The predicted molar refractivity (Wildman–Crippen MR) is 148 cm³/mol. The van der Waals surface area contributed by atoms with E-state index in [4.69, 9.17) is 4.74 Å². The van der Waals surface area contributed by atoms with Crippen LogP contribution in [0.15, 0.2) is 119 Å². The van der Waals surface area contributed by atoms with Crippen LogP contribution in [0.3, 0.4) is 0 Å². The molecule has 1 aromatic heterocycles. The molecule has 1 N–H and O–H groups in total. The quantitative estimate of drug-likeness (QED) is 0.221. The summed E-state index contributed by atoms with van der Waals surface area (Å²) < 4.78 is 7.68. The smallest absolute Gasteiger partial charge is 0.299 e. The highest BCUT2D eigenvalue weighted by Crippen LogP contribution is 2.39. The highest BCUT2D eigenvalue weighted by molar-refractivity contribution is 5.99. The van der Waals surface area contributed by atoms with E-state index in [0.717, 1.165) is 11.1 Å². The number of benzene rings is 4. The number of aromatic hydroxyl groups is 1. The van der Waals surface area contributed by atoms with E-state index in [1.807, 2.05) is 79.8 Å². The molecule has 5 aromatic rings. The molecule has 0 aliphatic heterocycles. The van der Waals surface area contributed by atoms with Crippen LogP contribution in [0.25, 0.3) is 10.9 Å². The number of aromatic nitrogens is 1. The van der Waals surface area contributed by atoms with Crippen molar-refractivity contribution in [3.8, 4) is 11.6 Å². The van der Waals surface area contributed by atoms with E-state index < -0.39 is 5.91 Å². The zero-order chi connectivity index (χ0) is 26.3. The van der Waals surface area contributed by atoms with Gasteiger partial charge in [0, 0.05) is 11.9 Å². The number of azo groups is 1. The highest BCUT2D eigenvalue weighted by atomic mass is 16.5. The van der Waals surface area contributed by atoms with Crippen molar-refractivity contribution < 1.29 is 14.6 Å². The average Bonchev–Trinajstić information content (AvgIpc) is 3.22. The minimum Gasteiger partial charge on any atom is -0.493 e. The predicted octanol–water partition coefficient (Wildman–Crippen LogP) is 6.94. The number of carbonyl (C=O) groups is 1. The summed E-state index contributed by atoms with van der Waals surface area (Å²) in [5.74, 6) is -0.170. The summed E-state index contributed by atoms with van der Waals surface area (Å²) in [7, 11) is 1.98. The molecule has 4 aromatic carbocycles. The second-order valence-corrected chi connectivity index (χ2v) is 9.03. The van der Waals surface area contributed by atoms with Crippen molar-refractivity contribution in [3.63, 3.8) is 0 Å². The summed E-state index contributed by atoms with van der Waals surface area (Å²) in [6.45, 7) is 1.47. The zero-order valence-corrected chi connectivity index (χ0v) is 21.1. The minimum atomic E-state index is -0.550. The first-order chi connectivity index (χ1) is 18.6. The molecule has 0 aliphatic carbocycles. The van der Waals surface area contributed by atoms with Crippen LogP contribution in [0.4, 0.5) is 5.69 Å². The Kier molecular flexibility index (Phi) is 7.57. The normalized spacial score (nSPS) is 11.4. The fourth-order valence-corrected chi connectivity index (χ4v) is 4.35. The van der Waals surface area contributed by atoms with Crippen LogP contribution in [0.1, 0.15) is 21.5 Å². The molecule has 0 saturated heterocycles. The second kappa shape index (κ2) is 11.5. The summed E-state index contributed by atoms with van der Waals surface area (Å²) in [5, 5.41) is 20.0. The van der Waals surface area contributed by atoms with E-state index in [0.29, 0.717) is 36.5 Å². The molecule has 7 heteroatoms. The van der Waals surface area contributed by atoms with E-state index in [-0.39, 0.29) is 11.6 Å². The molecule has 0 fully saturated rings. The number of hydrogen-bond donors (Lipinski definition) is 1. The van der Waals surface area contributed by atoms with Crippen LogP contribution in [0.2, 0.25) is 0 Å². The van der Waals surface area contributed by atoms with Gasteiger partial charge >= 0.3 is 0 Å². The Bertz CT molecular complexity index is 1560. The van der Waals surface area contributed by atoms with Gasteiger partial charge in [-0.15, -0.1) is 10.2 Å². The van der Waals surface area contributed by atoms with Crippen LogP contribution >= 0.6 is 0 Å². The van der Waals surface area contributed by atoms with Gasteiger partial charge in [-0.3, -0.25) is 14.3 Å². The molecule has 38 heavy (non-hydrogen) atoms. The highest BCUT2D eigenvalue weighted by Gasteiger charge is 2.19. The number of hydrogen-bond acceptors (Lipinski definition) is 5. The van der Waals surface area contributed by atoms with Crippen molar-refractivity contribution in [2.75, 3.05) is 7.05 Å². The topological polar surface area (TPSA) is 79.4 Å². The van der Waals surface area contributed by atoms with Gasteiger partial charge in [0.05, 0.1) is 17.7 Å². The van der Waals surface area contributed by atoms with E-state index >= 15 is 0 Å². The molecule has 7 nitrogen and oxygen atoms in total. The van der Waals surface area contributed by atoms with E-state index in [1.165, 1.54) is 5.56 Å². The Hall–Kier alpha value is -4.75. The maximum atomic E-state index is 13.0. The third-order valence-corrected chi connectivity index (χ3v) is 6.19. The van der Waals surface area contributed by atoms with E-state index in [1.54, 1.807) is 28.8 Å². The summed E-state index contributed by atoms with van der Waals surface area (Å²) in [6.07, 6.45) is 0. The van der Waals surface area contributed by atoms with Crippen molar-refractivity contribution in [1.29, 1.82) is 0 Å². The standard InChI is InChI=1S/C31H28N4O3/c1-34(20-23-12-4-2-5-13-23)22-35-27-18-10-8-16-25(27)29(31(35)37)32-33-30(36)26-17-9-11-19-28(26)38-21-24-14-6-3-7-15-24/h2-19,37H,20-22H2,1H3. The number of amides is 1. The average molecular weight is 505 g/mol. The van der Waals surface area contributed by atoms with Gasteiger partial charge in [0.15, 0.2) is 5.69 Å². The van der Waals surface area contributed by atoms with Gasteiger partial charge in [0.1, 0.15) is 12.4 Å². The first-order valence-electron chi connectivity index (χ1n) is 12.3. The molecule has 0 saturated carbocycles. The van der Waals surface area contributed by atoms with Crippen LogP contribution in [0.5, 0.6) is 11.6 Å². The first-order valence-corrected chi connectivity index (χ1v) is 12.3. The Balaban J connectivity index is 1.37. The Labute approximate surface area is 221 Å². The Morgan fingerprint density at radius 3 is 2.24 bits per heavy atom. The second-order valence-electron chi connectivity index (χ2n) is 9.03. The monoisotopic (exact) mass is 504 g/mol. The van der Waals surface area contributed by atoms with Gasteiger partial charge in [-0.25, -0.2) is 0 Å². The van der Waals surface area contributed by atoms with Crippen molar-refractivity contribution in [3.05, 3.63) is 126 Å².